The third-order valence-corrected chi connectivity index (χ3v) is 6.05. The van der Waals surface area contributed by atoms with Crippen LogP contribution in [0.2, 0.25) is 0 Å². The number of carbonyl (C=O) groups is 1. The number of likely N-dealkylation sites (tertiary alicyclic amines) is 1. The van der Waals surface area contributed by atoms with E-state index in [9.17, 15) is 4.79 Å². The van der Waals surface area contributed by atoms with Gasteiger partial charge in [0, 0.05) is 13.1 Å². The largest absolute Gasteiger partial charge is 0.431 e. The Labute approximate surface area is 140 Å². The van der Waals surface area contributed by atoms with Gasteiger partial charge in [-0.15, -0.1) is 0 Å². The summed E-state index contributed by atoms with van der Waals surface area (Å²) in [6, 6.07) is 7.71. The monoisotopic (exact) mass is 330 g/mol. The number of rotatable bonds is 3. The highest BCUT2D eigenvalue weighted by Gasteiger charge is 2.32. The van der Waals surface area contributed by atoms with Crippen LogP contribution in [0.25, 0.3) is 11.1 Å². The maximum Gasteiger partial charge on any atom is 0.257 e. The molecule has 4 nitrogen and oxygen atoms in total. The lowest BCUT2D eigenvalue weighted by Gasteiger charge is -2.41. The Kier molecular flexibility index (Phi) is 4.29. The van der Waals surface area contributed by atoms with Gasteiger partial charge in [0.25, 0.3) is 5.22 Å². The molecule has 1 saturated carbocycles. The molecule has 122 valence electrons. The fourth-order valence-electron chi connectivity index (χ4n) is 3.95. The summed E-state index contributed by atoms with van der Waals surface area (Å²) in [5.74, 6) is 2.24. The lowest BCUT2D eigenvalue weighted by atomic mass is 9.75. The van der Waals surface area contributed by atoms with Crippen molar-refractivity contribution in [2.75, 3.05) is 18.8 Å². The minimum absolute atomic E-state index is 0.223. The molecule has 5 heteroatoms. The number of amides is 1. The molecular weight excluding hydrogens is 308 g/mol. The van der Waals surface area contributed by atoms with Gasteiger partial charge in [0.05, 0.1) is 5.75 Å². The molecule has 1 aliphatic carbocycles. The van der Waals surface area contributed by atoms with E-state index in [1.165, 1.54) is 43.9 Å². The molecule has 1 aliphatic heterocycles. The quantitative estimate of drug-likeness (QED) is 0.799. The number of fused-ring (bicyclic) bond motifs is 2. The standard InChI is InChI=1S/C18H22N2O2S/c21-17(20-10-9-13-5-1-2-6-14(13)11-20)12-23-18-19-15-7-3-4-8-16(15)22-18/h3-4,7-8,13-14H,1-2,5-6,9-12H2/t13-,14-/m1/s1. The van der Waals surface area contributed by atoms with Crippen LogP contribution in [0.3, 0.4) is 0 Å². The average Bonchev–Trinajstić information content (AvgIpc) is 3.02. The Hall–Kier alpha value is -1.49. The molecule has 2 heterocycles. The Balaban J connectivity index is 1.34. The Morgan fingerprint density at radius 3 is 2.91 bits per heavy atom. The fourth-order valence-corrected chi connectivity index (χ4v) is 4.70. The Bertz CT molecular complexity index is 666. The second-order valence-electron chi connectivity index (χ2n) is 6.67. The summed E-state index contributed by atoms with van der Waals surface area (Å²) < 4.78 is 5.67. The molecule has 2 aliphatic rings. The highest BCUT2D eigenvalue weighted by Crippen LogP contribution is 2.36. The minimum atomic E-state index is 0.223. The number of thioether (sulfide) groups is 1. The number of hydrogen-bond donors (Lipinski definition) is 0. The van der Waals surface area contributed by atoms with Crippen molar-refractivity contribution in [3.05, 3.63) is 24.3 Å². The van der Waals surface area contributed by atoms with Gasteiger partial charge in [-0.05, 0) is 36.8 Å². The van der Waals surface area contributed by atoms with Gasteiger partial charge in [-0.25, -0.2) is 4.98 Å². The summed E-state index contributed by atoms with van der Waals surface area (Å²) in [5, 5.41) is 0.590. The van der Waals surface area contributed by atoms with Crippen LogP contribution in [-0.4, -0.2) is 34.6 Å². The van der Waals surface area contributed by atoms with Crippen LogP contribution in [0, 0.1) is 11.8 Å². The van der Waals surface area contributed by atoms with E-state index in [-0.39, 0.29) is 5.91 Å². The van der Waals surface area contributed by atoms with Crippen LogP contribution in [0.5, 0.6) is 0 Å². The molecule has 2 fully saturated rings. The van der Waals surface area contributed by atoms with E-state index >= 15 is 0 Å². The van der Waals surface area contributed by atoms with Gasteiger partial charge in [-0.2, -0.15) is 0 Å². The van der Waals surface area contributed by atoms with Gasteiger partial charge in [0.1, 0.15) is 5.52 Å². The van der Waals surface area contributed by atoms with Crippen molar-refractivity contribution in [1.82, 2.24) is 9.88 Å². The molecule has 2 atom stereocenters. The third kappa shape index (κ3) is 3.25. The highest BCUT2D eigenvalue weighted by atomic mass is 32.2. The number of hydrogen-bond acceptors (Lipinski definition) is 4. The number of piperidine rings is 1. The van der Waals surface area contributed by atoms with E-state index in [4.69, 9.17) is 4.42 Å². The topological polar surface area (TPSA) is 46.3 Å². The zero-order valence-corrected chi connectivity index (χ0v) is 14.1. The normalized spacial score (nSPS) is 24.6. The summed E-state index contributed by atoms with van der Waals surface area (Å²) in [6.45, 7) is 1.88. The maximum absolute atomic E-state index is 12.5. The lowest BCUT2D eigenvalue weighted by Crippen LogP contribution is -2.45. The third-order valence-electron chi connectivity index (χ3n) is 5.24. The van der Waals surface area contributed by atoms with Crippen molar-refractivity contribution in [2.24, 2.45) is 11.8 Å². The van der Waals surface area contributed by atoms with Crippen LogP contribution in [0.1, 0.15) is 32.1 Å². The summed E-state index contributed by atoms with van der Waals surface area (Å²) in [4.78, 5) is 19.0. The van der Waals surface area contributed by atoms with Gasteiger partial charge < -0.3 is 9.32 Å². The molecule has 2 aromatic rings. The molecule has 23 heavy (non-hydrogen) atoms. The van der Waals surface area contributed by atoms with Gasteiger partial charge in [0.2, 0.25) is 5.91 Å². The second-order valence-corrected chi connectivity index (χ2v) is 7.60. The van der Waals surface area contributed by atoms with Crippen molar-refractivity contribution in [1.29, 1.82) is 0 Å². The summed E-state index contributed by atoms with van der Waals surface area (Å²) in [5.41, 5.74) is 1.64. The molecule has 0 unspecified atom stereocenters. The first-order chi connectivity index (χ1) is 11.3. The smallest absolute Gasteiger partial charge is 0.257 e. The predicted molar refractivity (Wildman–Crippen MR) is 91.4 cm³/mol. The van der Waals surface area contributed by atoms with Crippen molar-refractivity contribution in [3.63, 3.8) is 0 Å². The summed E-state index contributed by atoms with van der Waals surface area (Å²) >= 11 is 1.41. The number of aromatic nitrogens is 1. The van der Waals surface area contributed by atoms with Crippen molar-refractivity contribution < 1.29 is 9.21 Å². The fraction of sp³-hybridized carbons (Fsp3) is 0.556. The molecule has 0 N–H and O–H groups in total. The van der Waals surface area contributed by atoms with E-state index in [1.807, 2.05) is 24.3 Å². The first-order valence-corrected chi connectivity index (χ1v) is 9.54. The number of nitrogens with zero attached hydrogens (tertiary/aromatic N) is 2. The SMILES string of the molecule is O=C(CSc1nc2ccccc2o1)N1CC[C@H]2CCCC[C@@H]2C1. The molecule has 0 bridgehead atoms. The summed E-state index contributed by atoms with van der Waals surface area (Å²) in [6.07, 6.45) is 6.56. The molecule has 1 aromatic carbocycles. The molecule has 1 amide bonds. The van der Waals surface area contributed by atoms with Crippen LogP contribution < -0.4 is 0 Å². The van der Waals surface area contributed by atoms with Crippen LogP contribution >= 0.6 is 11.8 Å². The zero-order valence-electron chi connectivity index (χ0n) is 13.2. The van der Waals surface area contributed by atoms with E-state index in [2.05, 4.69) is 9.88 Å². The maximum atomic E-state index is 12.5. The molecule has 0 spiro atoms. The first kappa shape index (κ1) is 15.1. The number of carbonyl (C=O) groups excluding carboxylic acids is 1. The van der Waals surface area contributed by atoms with Crippen LogP contribution in [-0.2, 0) is 4.79 Å². The minimum Gasteiger partial charge on any atom is -0.431 e. The van der Waals surface area contributed by atoms with Crippen LogP contribution in [0.15, 0.2) is 33.9 Å². The van der Waals surface area contributed by atoms with Gasteiger partial charge in [0.15, 0.2) is 5.58 Å². The number of benzene rings is 1. The Morgan fingerprint density at radius 2 is 2.04 bits per heavy atom. The lowest BCUT2D eigenvalue weighted by molar-refractivity contribution is -0.131. The zero-order chi connectivity index (χ0) is 15.6. The van der Waals surface area contributed by atoms with Gasteiger partial charge in [-0.3, -0.25) is 4.79 Å². The predicted octanol–water partition coefficient (Wildman–Crippen LogP) is 3.96. The number of oxazole rings is 1. The average molecular weight is 330 g/mol. The first-order valence-electron chi connectivity index (χ1n) is 8.56. The molecule has 0 radical (unpaired) electrons. The summed E-state index contributed by atoms with van der Waals surface area (Å²) in [7, 11) is 0. The molecule has 1 saturated heterocycles. The molecule has 4 rings (SSSR count). The van der Waals surface area contributed by atoms with Crippen molar-refractivity contribution in [2.45, 2.75) is 37.3 Å². The second kappa shape index (κ2) is 6.56. The molecule has 1 aromatic heterocycles. The highest BCUT2D eigenvalue weighted by molar-refractivity contribution is 7.99. The van der Waals surface area contributed by atoms with E-state index in [0.717, 1.165) is 36.0 Å². The van der Waals surface area contributed by atoms with Crippen molar-refractivity contribution >= 4 is 28.8 Å². The number of para-hydroxylation sites is 2. The van der Waals surface area contributed by atoms with E-state index < -0.39 is 0 Å². The van der Waals surface area contributed by atoms with Crippen molar-refractivity contribution in [3.8, 4) is 0 Å². The van der Waals surface area contributed by atoms with E-state index in [0.29, 0.717) is 11.0 Å². The molecular formula is C18H22N2O2S. The van der Waals surface area contributed by atoms with E-state index in [1.54, 1.807) is 0 Å². The Morgan fingerprint density at radius 1 is 1.22 bits per heavy atom. The van der Waals surface area contributed by atoms with Gasteiger partial charge in [-0.1, -0.05) is 43.2 Å². The van der Waals surface area contributed by atoms with Gasteiger partial charge >= 0.3 is 0 Å². The van der Waals surface area contributed by atoms with Crippen LogP contribution in [0.4, 0.5) is 0 Å².